The van der Waals surface area contributed by atoms with E-state index < -0.39 is 0 Å². The molecular formula is C16H28N2O2. The van der Waals surface area contributed by atoms with Crippen LogP contribution in [0, 0.1) is 17.8 Å². The summed E-state index contributed by atoms with van der Waals surface area (Å²) in [4.78, 5) is 20.4. The Morgan fingerprint density at radius 2 is 1.60 bits per heavy atom. The topological polar surface area (TPSA) is 32.8 Å². The van der Waals surface area contributed by atoms with Crippen molar-refractivity contribution in [2.75, 3.05) is 27.2 Å². The summed E-state index contributed by atoms with van der Waals surface area (Å²) < 4.78 is 0. The lowest BCUT2D eigenvalue weighted by Gasteiger charge is -2.59. The number of hydroxylamine groups is 2. The summed E-state index contributed by atoms with van der Waals surface area (Å²) in [6.45, 7) is 3.01. The Morgan fingerprint density at radius 3 is 2.00 bits per heavy atom. The van der Waals surface area contributed by atoms with Crippen molar-refractivity contribution in [2.45, 2.75) is 51.0 Å². The lowest BCUT2D eigenvalue weighted by molar-refractivity contribution is -0.251. The molecule has 4 heteroatoms. The van der Waals surface area contributed by atoms with Crippen molar-refractivity contribution in [1.29, 1.82) is 0 Å². The summed E-state index contributed by atoms with van der Waals surface area (Å²) in [5.74, 6) is 2.63. The minimum Gasteiger partial charge on any atom is -0.301 e. The van der Waals surface area contributed by atoms with E-state index in [2.05, 4.69) is 0 Å². The van der Waals surface area contributed by atoms with Crippen LogP contribution >= 0.6 is 0 Å². The van der Waals surface area contributed by atoms with Crippen molar-refractivity contribution in [1.82, 2.24) is 9.96 Å². The number of amides is 1. The molecule has 114 valence electrons. The molecule has 0 aromatic rings. The molecule has 0 heterocycles. The molecule has 4 bridgehead atoms. The average Bonchev–Trinajstić information content (AvgIpc) is 2.32. The Hall–Kier alpha value is -0.610. The molecule has 1 amide bonds. The Kier molecular flexibility index (Phi) is 3.80. The quantitative estimate of drug-likeness (QED) is 0.724. The fraction of sp³-hybridized carbons (Fsp3) is 0.938. The van der Waals surface area contributed by atoms with Gasteiger partial charge in [-0.1, -0.05) is 0 Å². The van der Waals surface area contributed by atoms with Crippen LogP contribution in [0.5, 0.6) is 0 Å². The Bertz CT molecular complexity index is 345. The van der Waals surface area contributed by atoms with E-state index in [1.165, 1.54) is 38.5 Å². The molecule has 0 aromatic heterocycles. The van der Waals surface area contributed by atoms with Crippen LogP contribution < -0.4 is 0 Å². The van der Waals surface area contributed by atoms with Crippen LogP contribution in [0.2, 0.25) is 0 Å². The number of rotatable bonds is 5. The molecule has 0 spiro atoms. The van der Waals surface area contributed by atoms with Gasteiger partial charge in [0.1, 0.15) is 0 Å². The van der Waals surface area contributed by atoms with Crippen LogP contribution in [0.25, 0.3) is 0 Å². The van der Waals surface area contributed by atoms with Crippen molar-refractivity contribution in [3.63, 3.8) is 0 Å². The van der Waals surface area contributed by atoms with Gasteiger partial charge < -0.3 is 4.90 Å². The highest BCUT2D eigenvalue weighted by molar-refractivity contribution is 5.78. The van der Waals surface area contributed by atoms with E-state index in [0.717, 1.165) is 17.8 Å². The molecule has 0 atom stereocenters. The third kappa shape index (κ3) is 2.48. The zero-order chi connectivity index (χ0) is 14.3. The summed E-state index contributed by atoms with van der Waals surface area (Å²) in [6, 6.07) is 0. The molecule has 0 aliphatic heterocycles. The largest absolute Gasteiger partial charge is 0.301 e. The third-order valence-electron chi connectivity index (χ3n) is 5.37. The first-order valence-electron chi connectivity index (χ1n) is 8.13. The molecule has 0 unspecified atom stereocenters. The number of likely N-dealkylation sites (N-methyl/N-ethyl adjacent to an activating group) is 1. The van der Waals surface area contributed by atoms with Crippen LogP contribution in [0.15, 0.2) is 0 Å². The van der Waals surface area contributed by atoms with Crippen LogP contribution in [0.4, 0.5) is 0 Å². The SMILES string of the molecule is CCON(C(=O)CN(C)C)C12CC3CC(CC(C3)C1)C2. The Morgan fingerprint density at radius 1 is 1.10 bits per heavy atom. The summed E-state index contributed by atoms with van der Waals surface area (Å²) in [5, 5.41) is 1.80. The lowest BCUT2D eigenvalue weighted by atomic mass is 9.53. The number of carbonyl (C=O) groups excluding carboxylic acids is 1. The maximum atomic E-state index is 12.6. The van der Waals surface area contributed by atoms with Crippen molar-refractivity contribution in [3.8, 4) is 0 Å². The molecule has 4 saturated carbocycles. The fourth-order valence-electron chi connectivity index (χ4n) is 5.25. The van der Waals surface area contributed by atoms with Gasteiger partial charge in [0, 0.05) is 0 Å². The fourth-order valence-corrected chi connectivity index (χ4v) is 5.25. The molecule has 4 fully saturated rings. The van der Waals surface area contributed by atoms with Crippen LogP contribution in [-0.2, 0) is 9.63 Å². The molecule has 4 aliphatic rings. The van der Waals surface area contributed by atoms with Crippen molar-refractivity contribution in [2.24, 2.45) is 17.8 Å². The minimum atomic E-state index is 0.0118. The second kappa shape index (κ2) is 5.30. The van der Waals surface area contributed by atoms with Crippen molar-refractivity contribution in [3.05, 3.63) is 0 Å². The molecule has 20 heavy (non-hydrogen) atoms. The predicted octanol–water partition coefficient (Wildman–Crippen LogP) is 2.30. The highest BCUT2D eigenvalue weighted by atomic mass is 16.7. The van der Waals surface area contributed by atoms with Gasteiger partial charge in [0.15, 0.2) is 0 Å². The van der Waals surface area contributed by atoms with Gasteiger partial charge >= 0.3 is 0 Å². The van der Waals surface area contributed by atoms with Gasteiger partial charge in [0.05, 0.1) is 18.7 Å². The van der Waals surface area contributed by atoms with Crippen molar-refractivity contribution >= 4 is 5.91 Å². The molecule has 0 radical (unpaired) electrons. The van der Waals surface area contributed by atoms with E-state index >= 15 is 0 Å². The molecule has 0 aromatic carbocycles. The molecule has 4 aliphatic carbocycles. The van der Waals surface area contributed by atoms with E-state index in [9.17, 15) is 4.79 Å². The first kappa shape index (κ1) is 14.3. The summed E-state index contributed by atoms with van der Waals surface area (Å²) in [5.41, 5.74) is 0.0118. The third-order valence-corrected chi connectivity index (χ3v) is 5.37. The second-order valence-electron chi connectivity index (χ2n) is 7.49. The predicted molar refractivity (Wildman–Crippen MR) is 77.9 cm³/mol. The Labute approximate surface area is 122 Å². The second-order valence-corrected chi connectivity index (χ2v) is 7.49. The number of hydrogen-bond acceptors (Lipinski definition) is 3. The molecule has 4 rings (SSSR count). The highest BCUT2D eigenvalue weighted by Gasteiger charge is 2.55. The smallest absolute Gasteiger partial charge is 0.260 e. The monoisotopic (exact) mass is 280 g/mol. The molecule has 4 nitrogen and oxygen atoms in total. The van der Waals surface area contributed by atoms with Gasteiger partial charge in [0.25, 0.3) is 5.91 Å². The Balaban J connectivity index is 1.81. The molecule has 0 N–H and O–H groups in total. The number of carbonyl (C=O) groups is 1. The van der Waals surface area contributed by atoms with E-state index in [1.54, 1.807) is 5.06 Å². The van der Waals surface area contributed by atoms with E-state index in [0.29, 0.717) is 13.2 Å². The maximum absolute atomic E-state index is 12.6. The summed E-state index contributed by atoms with van der Waals surface area (Å²) >= 11 is 0. The lowest BCUT2D eigenvalue weighted by Crippen LogP contribution is -2.62. The number of nitrogens with zero attached hydrogens (tertiary/aromatic N) is 2. The van der Waals surface area contributed by atoms with E-state index in [4.69, 9.17) is 4.84 Å². The van der Waals surface area contributed by atoms with Crippen LogP contribution in [0.1, 0.15) is 45.4 Å². The summed E-state index contributed by atoms with van der Waals surface area (Å²) in [7, 11) is 3.89. The molecular weight excluding hydrogens is 252 g/mol. The first-order valence-corrected chi connectivity index (χ1v) is 8.13. The summed E-state index contributed by atoms with van der Waals surface area (Å²) in [6.07, 6.45) is 7.66. The number of hydrogen-bond donors (Lipinski definition) is 0. The maximum Gasteiger partial charge on any atom is 0.260 e. The van der Waals surface area contributed by atoms with Crippen LogP contribution in [-0.4, -0.2) is 48.7 Å². The van der Waals surface area contributed by atoms with Gasteiger partial charge in [0.2, 0.25) is 0 Å². The van der Waals surface area contributed by atoms with Crippen molar-refractivity contribution < 1.29 is 9.63 Å². The van der Waals surface area contributed by atoms with Crippen LogP contribution in [0.3, 0.4) is 0 Å². The van der Waals surface area contributed by atoms with E-state index in [-0.39, 0.29) is 11.4 Å². The zero-order valence-corrected chi connectivity index (χ0v) is 13.1. The highest BCUT2D eigenvalue weighted by Crippen LogP contribution is 2.57. The van der Waals surface area contributed by atoms with Gasteiger partial charge in [-0.3, -0.25) is 9.63 Å². The zero-order valence-electron chi connectivity index (χ0n) is 13.1. The average molecular weight is 280 g/mol. The minimum absolute atomic E-state index is 0.0118. The first-order chi connectivity index (χ1) is 9.52. The van der Waals surface area contributed by atoms with Gasteiger partial charge in [-0.15, -0.1) is 0 Å². The van der Waals surface area contributed by atoms with E-state index in [1.807, 2.05) is 25.9 Å². The van der Waals surface area contributed by atoms with Gasteiger partial charge in [-0.25, -0.2) is 5.06 Å². The van der Waals surface area contributed by atoms with Gasteiger partial charge in [-0.2, -0.15) is 0 Å². The standard InChI is InChI=1S/C16H28N2O2/c1-4-20-18(15(19)11-17(2)3)16-8-12-5-13(9-16)7-14(6-12)10-16/h12-14H,4-11H2,1-3H3. The molecule has 0 saturated heterocycles. The van der Waals surface area contributed by atoms with Gasteiger partial charge in [-0.05, 0) is 77.3 Å². The normalized spacial score (nSPS) is 38.5.